The third-order valence-electron chi connectivity index (χ3n) is 5.70. The molecule has 1 aliphatic rings. The Balaban J connectivity index is 1.93. The van der Waals surface area contributed by atoms with Crippen LogP contribution in [0.3, 0.4) is 0 Å². The molecule has 3 aromatic carbocycles. The minimum absolute atomic E-state index is 0.0660. The van der Waals surface area contributed by atoms with Crippen LogP contribution >= 0.6 is 11.6 Å². The molecule has 1 unspecified atom stereocenters. The molecule has 0 radical (unpaired) electrons. The first-order valence-corrected chi connectivity index (χ1v) is 10.8. The molecule has 3 aromatic rings. The topological polar surface area (TPSA) is 87.1 Å². The van der Waals surface area contributed by atoms with Crippen LogP contribution in [-0.2, 0) is 16.0 Å². The number of carbonyl (C=O) groups excluding carboxylic acids is 2. The van der Waals surface area contributed by atoms with Crippen molar-refractivity contribution in [2.24, 2.45) is 0 Å². The van der Waals surface area contributed by atoms with Gasteiger partial charge >= 0.3 is 0 Å². The van der Waals surface area contributed by atoms with Crippen molar-refractivity contribution in [3.8, 4) is 11.5 Å². The van der Waals surface area contributed by atoms with Gasteiger partial charge in [0.15, 0.2) is 11.5 Å². The summed E-state index contributed by atoms with van der Waals surface area (Å²) in [6, 6.07) is 17.3. The second-order valence-electron chi connectivity index (χ2n) is 7.63. The number of phenolic OH excluding ortho intramolecular Hbond substituents is 1. The number of hydrogen-bond donors (Lipinski definition) is 2. The van der Waals surface area contributed by atoms with Gasteiger partial charge in [0.05, 0.1) is 18.7 Å². The molecule has 0 saturated carbocycles. The lowest BCUT2D eigenvalue weighted by atomic mass is 9.94. The molecule has 0 spiro atoms. The van der Waals surface area contributed by atoms with Crippen LogP contribution in [0, 0.1) is 0 Å². The highest BCUT2D eigenvalue weighted by Gasteiger charge is 2.47. The Morgan fingerprint density at radius 2 is 1.70 bits per heavy atom. The van der Waals surface area contributed by atoms with E-state index in [1.165, 1.54) is 18.1 Å². The second kappa shape index (κ2) is 9.00. The lowest BCUT2D eigenvalue weighted by Crippen LogP contribution is -2.29. The standard InChI is InChI=1S/C26H22ClNO5/c1-3-15-4-6-16(7-5-15)24(30)22-23(17-8-13-21(33-2)20(29)14-17)28(26(32)25(22)31)19-11-9-18(27)10-12-19/h4-14,23,29-30H,3H2,1-2H3/b24-22-. The Kier molecular flexibility index (Phi) is 6.11. The smallest absolute Gasteiger partial charge is 0.300 e. The summed E-state index contributed by atoms with van der Waals surface area (Å²) < 4.78 is 5.12. The van der Waals surface area contributed by atoms with E-state index in [2.05, 4.69) is 0 Å². The first-order chi connectivity index (χ1) is 15.8. The van der Waals surface area contributed by atoms with Crippen molar-refractivity contribution < 1.29 is 24.5 Å². The SMILES string of the molecule is CCc1ccc(/C(O)=C2/C(=O)C(=O)N(c3ccc(Cl)cc3)C2c2ccc(OC)c(O)c2)cc1. The van der Waals surface area contributed by atoms with Crippen molar-refractivity contribution in [2.75, 3.05) is 12.0 Å². The number of aliphatic hydroxyl groups is 1. The molecule has 33 heavy (non-hydrogen) atoms. The summed E-state index contributed by atoms with van der Waals surface area (Å²) in [5, 5.41) is 22.0. The lowest BCUT2D eigenvalue weighted by molar-refractivity contribution is -0.132. The zero-order valence-corrected chi connectivity index (χ0v) is 18.8. The number of anilines is 1. The monoisotopic (exact) mass is 463 g/mol. The summed E-state index contributed by atoms with van der Waals surface area (Å²) in [5.74, 6) is -1.79. The number of carbonyl (C=O) groups is 2. The number of benzene rings is 3. The number of hydrogen-bond acceptors (Lipinski definition) is 5. The van der Waals surface area contributed by atoms with Crippen molar-refractivity contribution in [1.29, 1.82) is 0 Å². The number of aliphatic hydroxyl groups excluding tert-OH is 1. The van der Waals surface area contributed by atoms with Crippen LogP contribution < -0.4 is 9.64 Å². The van der Waals surface area contributed by atoms with E-state index in [0.29, 0.717) is 21.8 Å². The molecule has 1 amide bonds. The number of nitrogens with zero attached hydrogens (tertiary/aromatic N) is 1. The van der Waals surface area contributed by atoms with Gasteiger partial charge in [-0.25, -0.2) is 0 Å². The number of halogens is 1. The van der Waals surface area contributed by atoms with Crippen LogP contribution in [0.2, 0.25) is 5.02 Å². The van der Waals surface area contributed by atoms with E-state index in [1.807, 2.05) is 19.1 Å². The van der Waals surface area contributed by atoms with Gasteiger partial charge in [-0.15, -0.1) is 0 Å². The number of aryl methyl sites for hydroxylation is 1. The van der Waals surface area contributed by atoms with Crippen LogP contribution in [0.5, 0.6) is 11.5 Å². The maximum Gasteiger partial charge on any atom is 0.300 e. The molecule has 4 rings (SSSR count). The zero-order valence-electron chi connectivity index (χ0n) is 18.1. The number of ketones is 1. The van der Waals surface area contributed by atoms with Crippen LogP contribution in [0.25, 0.3) is 5.76 Å². The van der Waals surface area contributed by atoms with Gasteiger partial charge in [0.1, 0.15) is 5.76 Å². The molecule has 1 fully saturated rings. The molecule has 2 N–H and O–H groups in total. The highest BCUT2D eigenvalue weighted by atomic mass is 35.5. The molecule has 0 aromatic heterocycles. The van der Waals surface area contributed by atoms with Crippen molar-refractivity contribution in [3.63, 3.8) is 0 Å². The number of methoxy groups -OCH3 is 1. The number of rotatable bonds is 5. The predicted octanol–water partition coefficient (Wildman–Crippen LogP) is 5.24. The Morgan fingerprint density at radius 3 is 2.27 bits per heavy atom. The molecule has 1 atom stereocenters. The van der Waals surface area contributed by atoms with Gasteiger partial charge in [-0.1, -0.05) is 48.9 Å². The van der Waals surface area contributed by atoms with Gasteiger partial charge in [0.25, 0.3) is 11.7 Å². The number of ether oxygens (including phenoxy) is 1. The van der Waals surface area contributed by atoms with Crippen molar-refractivity contribution in [3.05, 3.63) is 94.0 Å². The highest BCUT2D eigenvalue weighted by Crippen LogP contribution is 2.44. The summed E-state index contributed by atoms with van der Waals surface area (Å²) in [5.41, 5.74) is 2.30. The number of amides is 1. The lowest BCUT2D eigenvalue weighted by Gasteiger charge is -2.26. The fourth-order valence-electron chi connectivity index (χ4n) is 3.95. The second-order valence-corrected chi connectivity index (χ2v) is 8.06. The fraction of sp³-hybridized carbons (Fsp3) is 0.154. The summed E-state index contributed by atoms with van der Waals surface area (Å²) >= 11 is 6.01. The van der Waals surface area contributed by atoms with Crippen LogP contribution in [0.1, 0.15) is 29.7 Å². The quantitative estimate of drug-likeness (QED) is 0.307. The molecule has 1 aliphatic heterocycles. The molecular weight excluding hydrogens is 442 g/mol. The summed E-state index contributed by atoms with van der Waals surface area (Å²) in [6.07, 6.45) is 0.827. The first kappa shape index (κ1) is 22.4. The Hall–Kier alpha value is -3.77. The van der Waals surface area contributed by atoms with Crippen LogP contribution in [-0.4, -0.2) is 29.0 Å². The van der Waals surface area contributed by atoms with Crippen LogP contribution in [0.4, 0.5) is 5.69 Å². The average Bonchev–Trinajstić information content (AvgIpc) is 3.09. The fourth-order valence-corrected chi connectivity index (χ4v) is 4.07. The normalized spacial score (nSPS) is 17.4. The molecule has 0 aliphatic carbocycles. The summed E-state index contributed by atoms with van der Waals surface area (Å²) in [6.45, 7) is 2.02. The van der Waals surface area contributed by atoms with Gasteiger partial charge in [0.2, 0.25) is 0 Å². The number of phenols is 1. The van der Waals surface area contributed by atoms with Gasteiger partial charge in [-0.3, -0.25) is 14.5 Å². The van der Waals surface area contributed by atoms with E-state index in [-0.39, 0.29) is 22.8 Å². The molecule has 1 heterocycles. The van der Waals surface area contributed by atoms with Crippen molar-refractivity contribution in [1.82, 2.24) is 0 Å². The van der Waals surface area contributed by atoms with Crippen LogP contribution in [0.15, 0.2) is 72.3 Å². The Bertz CT molecular complexity index is 1250. The molecule has 7 heteroatoms. The van der Waals surface area contributed by atoms with E-state index in [1.54, 1.807) is 48.5 Å². The number of Topliss-reactive ketones (excluding diaryl/α,β-unsaturated/α-hetero) is 1. The third-order valence-corrected chi connectivity index (χ3v) is 5.96. The third kappa shape index (κ3) is 4.05. The highest BCUT2D eigenvalue weighted by molar-refractivity contribution is 6.51. The number of aromatic hydroxyl groups is 1. The van der Waals surface area contributed by atoms with Crippen molar-refractivity contribution in [2.45, 2.75) is 19.4 Å². The Labute approximate surface area is 196 Å². The van der Waals surface area contributed by atoms with E-state index in [0.717, 1.165) is 12.0 Å². The van der Waals surface area contributed by atoms with Gasteiger partial charge in [-0.05, 0) is 53.9 Å². The molecule has 168 valence electrons. The summed E-state index contributed by atoms with van der Waals surface area (Å²) in [4.78, 5) is 27.6. The first-order valence-electron chi connectivity index (χ1n) is 10.4. The molecule has 6 nitrogen and oxygen atoms in total. The average molecular weight is 464 g/mol. The zero-order chi connectivity index (χ0) is 23.7. The molecular formula is C26H22ClNO5. The predicted molar refractivity (Wildman–Crippen MR) is 127 cm³/mol. The van der Waals surface area contributed by atoms with Gasteiger partial charge < -0.3 is 14.9 Å². The van der Waals surface area contributed by atoms with Gasteiger partial charge in [-0.2, -0.15) is 0 Å². The van der Waals surface area contributed by atoms with E-state index >= 15 is 0 Å². The minimum atomic E-state index is -0.964. The van der Waals surface area contributed by atoms with Gasteiger partial charge in [0, 0.05) is 16.3 Å². The maximum absolute atomic E-state index is 13.2. The van der Waals surface area contributed by atoms with E-state index in [9.17, 15) is 19.8 Å². The largest absolute Gasteiger partial charge is 0.507 e. The van der Waals surface area contributed by atoms with Crippen molar-refractivity contribution >= 4 is 34.7 Å². The minimum Gasteiger partial charge on any atom is -0.507 e. The maximum atomic E-state index is 13.2. The summed E-state index contributed by atoms with van der Waals surface area (Å²) in [7, 11) is 1.43. The molecule has 1 saturated heterocycles. The van der Waals surface area contributed by atoms with E-state index in [4.69, 9.17) is 16.3 Å². The Morgan fingerprint density at radius 1 is 1.03 bits per heavy atom. The van der Waals surface area contributed by atoms with E-state index < -0.39 is 17.7 Å². The molecule has 0 bridgehead atoms.